The maximum Gasteiger partial charge on any atom is 0.317 e. The Hall–Kier alpha value is -2.67. The van der Waals surface area contributed by atoms with Crippen LogP contribution in [0.25, 0.3) is 10.8 Å². The molecule has 1 saturated heterocycles. The summed E-state index contributed by atoms with van der Waals surface area (Å²) in [6.07, 6.45) is 4.06. The number of likely N-dealkylation sites (tertiary alicyclic amines) is 1. The van der Waals surface area contributed by atoms with Gasteiger partial charge in [0.1, 0.15) is 0 Å². The van der Waals surface area contributed by atoms with E-state index in [1.807, 2.05) is 30.5 Å². The van der Waals surface area contributed by atoms with Crippen LogP contribution in [0.15, 0.2) is 36.7 Å². The van der Waals surface area contributed by atoms with E-state index in [1.165, 1.54) is 0 Å². The first kappa shape index (κ1) is 19.1. The van der Waals surface area contributed by atoms with Gasteiger partial charge in [-0.2, -0.15) is 0 Å². The number of carbonyl (C=O) groups is 2. The zero-order chi connectivity index (χ0) is 19.2. The van der Waals surface area contributed by atoms with Gasteiger partial charge in [-0.3, -0.25) is 9.78 Å². The second kappa shape index (κ2) is 8.81. The van der Waals surface area contributed by atoms with Crippen LogP contribution in [-0.4, -0.2) is 67.1 Å². The number of pyridine rings is 1. The molecular formula is C20H26N4O3. The monoisotopic (exact) mass is 370 g/mol. The van der Waals surface area contributed by atoms with Crippen molar-refractivity contribution in [2.45, 2.75) is 13.0 Å². The van der Waals surface area contributed by atoms with Gasteiger partial charge in [0.15, 0.2) is 0 Å². The molecule has 1 aromatic carbocycles. The van der Waals surface area contributed by atoms with Crippen LogP contribution in [0.3, 0.4) is 0 Å². The number of hydrogen-bond donors (Lipinski definition) is 1. The summed E-state index contributed by atoms with van der Waals surface area (Å²) in [6.45, 7) is 2.82. The first-order chi connectivity index (χ1) is 13.1. The molecule has 0 aliphatic carbocycles. The molecule has 144 valence electrons. The first-order valence-corrected chi connectivity index (χ1v) is 9.15. The van der Waals surface area contributed by atoms with Gasteiger partial charge in [0.2, 0.25) is 5.91 Å². The maximum atomic E-state index is 12.5. The molecule has 0 saturated carbocycles. The molecule has 3 amide bonds. The van der Waals surface area contributed by atoms with Crippen molar-refractivity contribution in [1.29, 1.82) is 0 Å². The van der Waals surface area contributed by atoms with Crippen LogP contribution >= 0.6 is 0 Å². The van der Waals surface area contributed by atoms with Crippen molar-refractivity contribution in [2.24, 2.45) is 5.92 Å². The molecule has 1 aliphatic heterocycles. The lowest BCUT2D eigenvalue weighted by Gasteiger charge is -2.20. The number of fused-ring (bicyclic) bond motifs is 1. The van der Waals surface area contributed by atoms with Crippen molar-refractivity contribution in [3.8, 4) is 0 Å². The molecule has 27 heavy (non-hydrogen) atoms. The fourth-order valence-corrected chi connectivity index (χ4v) is 3.43. The zero-order valence-electron chi connectivity index (χ0n) is 15.9. The second-order valence-corrected chi connectivity index (χ2v) is 6.96. The Labute approximate surface area is 159 Å². The summed E-state index contributed by atoms with van der Waals surface area (Å²) in [5.41, 5.74) is 1.08. The van der Waals surface area contributed by atoms with Gasteiger partial charge in [0.25, 0.3) is 0 Å². The van der Waals surface area contributed by atoms with E-state index < -0.39 is 0 Å². The Morgan fingerprint density at radius 3 is 3.07 bits per heavy atom. The molecule has 0 spiro atoms. The largest absolute Gasteiger partial charge is 0.383 e. The number of ether oxygens (including phenoxy) is 1. The van der Waals surface area contributed by atoms with Crippen LogP contribution in [0, 0.1) is 5.92 Å². The molecule has 2 heterocycles. The van der Waals surface area contributed by atoms with Crippen LogP contribution in [0.2, 0.25) is 0 Å². The van der Waals surface area contributed by atoms with Crippen LogP contribution in [-0.2, 0) is 16.1 Å². The minimum absolute atomic E-state index is 0.129. The van der Waals surface area contributed by atoms with Crippen LogP contribution in [0.1, 0.15) is 12.0 Å². The predicted molar refractivity (Wildman–Crippen MR) is 103 cm³/mol. The van der Waals surface area contributed by atoms with Crippen LogP contribution in [0.4, 0.5) is 4.79 Å². The van der Waals surface area contributed by atoms with E-state index in [9.17, 15) is 9.59 Å². The van der Waals surface area contributed by atoms with Crippen molar-refractivity contribution in [3.05, 3.63) is 42.2 Å². The number of benzene rings is 1. The Balaban J connectivity index is 1.52. The number of aromatic nitrogens is 1. The van der Waals surface area contributed by atoms with E-state index >= 15 is 0 Å². The molecule has 0 bridgehead atoms. The number of methoxy groups -OCH3 is 1. The molecule has 0 radical (unpaired) electrons. The lowest BCUT2D eigenvalue weighted by molar-refractivity contribution is -0.128. The highest BCUT2D eigenvalue weighted by Crippen LogP contribution is 2.19. The SMILES string of the molecule is COCCN1CC(CNC(=O)N(C)Cc2cccc3cnccc23)CC1=O. The number of rotatable bonds is 7. The number of urea groups is 1. The fraction of sp³-hybridized carbons (Fsp3) is 0.450. The molecule has 1 aromatic heterocycles. The first-order valence-electron chi connectivity index (χ1n) is 9.15. The van der Waals surface area contributed by atoms with Crippen LogP contribution < -0.4 is 5.32 Å². The second-order valence-electron chi connectivity index (χ2n) is 6.96. The average Bonchev–Trinajstić information content (AvgIpc) is 3.04. The summed E-state index contributed by atoms with van der Waals surface area (Å²) in [5, 5.41) is 5.11. The van der Waals surface area contributed by atoms with Gasteiger partial charge in [-0.1, -0.05) is 18.2 Å². The molecule has 1 unspecified atom stereocenters. The van der Waals surface area contributed by atoms with Crippen molar-refractivity contribution < 1.29 is 14.3 Å². The van der Waals surface area contributed by atoms with Gasteiger partial charge in [-0.15, -0.1) is 0 Å². The maximum absolute atomic E-state index is 12.5. The van der Waals surface area contributed by atoms with Crippen molar-refractivity contribution >= 4 is 22.7 Å². The molecule has 1 aliphatic rings. The third-order valence-corrected chi connectivity index (χ3v) is 4.93. The summed E-state index contributed by atoms with van der Waals surface area (Å²) in [4.78, 5) is 32.0. The lowest BCUT2D eigenvalue weighted by atomic mass is 10.1. The van der Waals surface area contributed by atoms with Gasteiger partial charge >= 0.3 is 6.03 Å². The van der Waals surface area contributed by atoms with Gasteiger partial charge in [-0.25, -0.2) is 4.79 Å². The molecule has 2 aromatic rings. The Kier molecular flexibility index (Phi) is 6.24. The van der Waals surface area contributed by atoms with Crippen molar-refractivity contribution in [1.82, 2.24) is 20.1 Å². The normalized spacial score (nSPS) is 16.7. The Bertz CT molecular complexity index is 805. The van der Waals surface area contributed by atoms with Crippen molar-refractivity contribution in [2.75, 3.05) is 40.4 Å². The number of nitrogens with one attached hydrogen (secondary N) is 1. The number of carbonyl (C=O) groups excluding carboxylic acids is 2. The molecular weight excluding hydrogens is 344 g/mol. The lowest BCUT2D eigenvalue weighted by Crippen LogP contribution is -2.39. The van der Waals surface area contributed by atoms with Gasteiger partial charge < -0.3 is 19.9 Å². The summed E-state index contributed by atoms with van der Waals surface area (Å²) in [6, 6.07) is 7.84. The minimum Gasteiger partial charge on any atom is -0.383 e. The molecule has 3 rings (SSSR count). The predicted octanol–water partition coefficient (Wildman–Crippen LogP) is 1.87. The summed E-state index contributed by atoms with van der Waals surface area (Å²) in [5.74, 6) is 0.277. The number of nitrogens with zero attached hydrogens (tertiary/aromatic N) is 3. The quantitative estimate of drug-likeness (QED) is 0.807. The Morgan fingerprint density at radius 2 is 2.26 bits per heavy atom. The standard InChI is InChI=1S/C20H26N4O3/c1-23(14-17-5-3-4-16-12-21-7-6-18(16)17)20(26)22-11-15-10-19(25)24(13-15)8-9-27-2/h3-7,12,15H,8-11,13-14H2,1-2H3,(H,22,26). The van der Waals surface area contributed by atoms with E-state index in [0.717, 1.165) is 16.3 Å². The van der Waals surface area contributed by atoms with Gasteiger partial charge in [-0.05, 0) is 17.0 Å². The number of amides is 3. The molecule has 1 N–H and O–H groups in total. The van der Waals surface area contributed by atoms with Gasteiger partial charge in [0, 0.05) is 70.5 Å². The zero-order valence-corrected chi connectivity index (χ0v) is 15.9. The highest BCUT2D eigenvalue weighted by atomic mass is 16.5. The van der Waals surface area contributed by atoms with Crippen molar-refractivity contribution in [3.63, 3.8) is 0 Å². The highest BCUT2D eigenvalue weighted by Gasteiger charge is 2.29. The topological polar surface area (TPSA) is 74.8 Å². The molecule has 1 fully saturated rings. The summed E-state index contributed by atoms with van der Waals surface area (Å²) >= 11 is 0. The van der Waals surface area contributed by atoms with E-state index in [2.05, 4.69) is 10.3 Å². The smallest absolute Gasteiger partial charge is 0.317 e. The fourth-order valence-electron chi connectivity index (χ4n) is 3.43. The average molecular weight is 370 g/mol. The van der Waals surface area contributed by atoms with E-state index in [0.29, 0.717) is 39.2 Å². The van der Waals surface area contributed by atoms with E-state index in [-0.39, 0.29) is 17.9 Å². The van der Waals surface area contributed by atoms with Gasteiger partial charge in [0.05, 0.1) is 6.61 Å². The minimum atomic E-state index is -0.135. The summed E-state index contributed by atoms with van der Waals surface area (Å²) in [7, 11) is 3.40. The highest BCUT2D eigenvalue weighted by molar-refractivity contribution is 5.85. The Morgan fingerprint density at radius 1 is 1.41 bits per heavy atom. The third-order valence-electron chi connectivity index (χ3n) is 4.93. The summed E-state index contributed by atoms with van der Waals surface area (Å²) < 4.78 is 5.03. The molecule has 7 heteroatoms. The van der Waals surface area contributed by atoms with E-state index in [4.69, 9.17) is 4.74 Å². The third kappa shape index (κ3) is 4.74. The van der Waals surface area contributed by atoms with Crippen LogP contribution in [0.5, 0.6) is 0 Å². The van der Waals surface area contributed by atoms with E-state index in [1.54, 1.807) is 30.2 Å². The molecule has 7 nitrogen and oxygen atoms in total. The molecule has 1 atom stereocenters. The number of hydrogen-bond acceptors (Lipinski definition) is 4.